The number of thioether (sulfide) groups is 1. The van der Waals surface area contributed by atoms with E-state index in [2.05, 4.69) is 44.5 Å². The van der Waals surface area contributed by atoms with Gasteiger partial charge in [-0.3, -0.25) is 4.79 Å². The number of ether oxygens (including phenoxy) is 3. The number of amides is 2. The molecule has 2 amide bonds. The quantitative estimate of drug-likeness (QED) is 0.359. The van der Waals surface area contributed by atoms with Crippen LogP contribution in [0.1, 0.15) is 63.0 Å². The molecule has 0 spiro atoms. The highest BCUT2D eigenvalue weighted by Gasteiger charge is 2.41. The van der Waals surface area contributed by atoms with Crippen LogP contribution in [0.2, 0.25) is 18.1 Å². The number of nitrogens with one attached hydrogen (secondary N) is 2. The van der Waals surface area contributed by atoms with Crippen LogP contribution < -0.4 is 20.6 Å². The van der Waals surface area contributed by atoms with E-state index in [-0.39, 0.29) is 10.8 Å². The minimum absolute atomic E-state index is 0.0523. The molecule has 0 unspecified atom stereocenters. The van der Waals surface area contributed by atoms with Crippen LogP contribution >= 0.6 is 11.8 Å². The van der Waals surface area contributed by atoms with Gasteiger partial charge < -0.3 is 30.0 Å². The SMILES string of the molecule is COc1cc([Si](C)(C)C(C)(C)C)c2c(c1C)C(=O)OC[C@H](NC(=O)OC(C)(C)C)C(=O)N[C@H](C(=O)O)CSC2. The second-order valence-corrected chi connectivity index (χ2v) is 18.5. The summed E-state index contributed by atoms with van der Waals surface area (Å²) in [5, 5.41) is 15.6. The van der Waals surface area contributed by atoms with Crippen molar-refractivity contribution in [2.24, 2.45) is 0 Å². The van der Waals surface area contributed by atoms with Crippen molar-refractivity contribution in [2.75, 3.05) is 19.5 Å². The fourth-order valence-corrected chi connectivity index (χ4v) is 7.48. The Morgan fingerprint density at radius 2 is 1.79 bits per heavy atom. The number of esters is 1. The standard InChI is InChI=1S/C27H42N2O8SSi/c1-15-19(35-8)11-20(39(9,10)27(5,6)7)16-13-38-14-18(23(31)32)28-22(30)17(12-36-24(33)21(15)16)29-25(34)37-26(2,3)4/h11,17-18H,12-14H2,1-10H3,(H,28,30)(H,29,34)(H,31,32)/t17-,18-/m0/s1. The number of hydrogen-bond acceptors (Lipinski definition) is 8. The van der Waals surface area contributed by atoms with Crippen LogP contribution in [0.5, 0.6) is 5.75 Å². The van der Waals surface area contributed by atoms with Crippen LogP contribution in [-0.2, 0) is 24.8 Å². The molecule has 3 N–H and O–H groups in total. The molecule has 1 heterocycles. The van der Waals surface area contributed by atoms with Crippen LogP contribution in [-0.4, -0.2) is 74.3 Å². The van der Waals surface area contributed by atoms with E-state index < -0.39 is 56.3 Å². The average molecular weight is 583 g/mol. The summed E-state index contributed by atoms with van der Waals surface area (Å²) in [6, 6.07) is -0.599. The van der Waals surface area contributed by atoms with Crippen LogP contribution in [0.4, 0.5) is 4.79 Å². The highest BCUT2D eigenvalue weighted by Crippen LogP contribution is 2.39. The molecule has 218 valence electrons. The van der Waals surface area contributed by atoms with Gasteiger partial charge in [-0.2, -0.15) is 11.8 Å². The van der Waals surface area contributed by atoms with Gasteiger partial charge in [0.25, 0.3) is 0 Å². The van der Waals surface area contributed by atoms with E-state index in [0.29, 0.717) is 22.6 Å². The molecule has 2 rings (SSSR count). The summed E-state index contributed by atoms with van der Waals surface area (Å²) < 4.78 is 16.5. The second kappa shape index (κ2) is 12.2. The Kier molecular flexibility index (Phi) is 10.2. The van der Waals surface area contributed by atoms with Gasteiger partial charge in [-0.05, 0) is 44.4 Å². The Hall–Kier alpha value is -2.73. The fraction of sp³-hybridized carbons (Fsp3) is 0.630. The average Bonchev–Trinajstić information content (AvgIpc) is 2.77. The maximum atomic E-state index is 13.6. The summed E-state index contributed by atoms with van der Waals surface area (Å²) in [7, 11) is -0.676. The van der Waals surface area contributed by atoms with Gasteiger partial charge in [0.2, 0.25) is 5.91 Å². The fourth-order valence-electron chi connectivity index (χ4n) is 4.00. The number of hydrogen-bond donors (Lipinski definition) is 3. The molecule has 0 bridgehead atoms. The van der Waals surface area contributed by atoms with Gasteiger partial charge in [0.15, 0.2) is 0 Å². The molecule has 0 aliphatic carbocycles. The lowest BCUT2D eigenvalue weighted by molar-refractivity contribution is -0.141. The van der Waals surface area contributed by atoms with E-state index in [1.807, 2.05) is 6.07 Å². The Balaban J connectivity index is 2.66. The van der Waals surface area contributed by atoms with Crippen molar-refractivity contribution in [3.63, 3.8) is 0 Å². The number of rotatable bonds is 4. The highest BCUT2D eigenvalue weighted by atomic mass is 32.2. The second-order valence-electron chi connectivity index (χ2n) is 12.2. The van der Waals surface area contributed by atoms with Crippen molar-refractivity contribution >= 4 is 49.0 Å². The van der Waals surface area contributed by atoms with Gasteiger partial charge >= 0.3 is 18.0 Å². The molecule has 0 fully saturated rings. The Labute approximate surface area is 235 Å². The van der Waals surface area contributed by atoms with Crippen molar-refractivity contribution in [1.82, 2.24) is 10.6 Å². The van der Waals surface area contributed by atoms with E-state index in [9.17, 15) is 24.3 Å². The number of aliphatic carboxylic acids is 1. The molecule has 1 aromatic carbocycles. The maximum Gasteiger partial charge on any atom is 0.408 e. The van der Waals surface area contributed by atoms with E-state index >= 15 is 0 Å². The monoisotopic (exact) mass is 582 g/mol. The number of carbonyl (C=O) groups excluding carboxylic acids is 3. The lowest BCUT2D eigenvalue weighted by Gasteiger charge is -2.39. The van der Waals surface area contributed by atoms with Crippen LogP contribution in [0.15, 0.2) is 6.07 Å². The molecule has 0 aromatic heterocycles. The first-order valence-electron chi connectivity index (χ1n) is 12.8. The summed E-state index contributed by atoms with van der Waals surface area (Å²) in [4.78, 5) is 51.1. The molecule has 1 aliphatic heterocycles. The summed E-state index contributed by atoms with van der Waals surface area (Å²) in [5.74, 6) is -1.72. The minimum atomic E-state index is -2.22. The molecule has 1 aromatic rings. The molecule has 12 heteroatoms. The van der Waals surface area contributed by atoms with Crippen molar-refractivity contribution < 1.29 is 38.5 Å². The molecule has 10 nitrogen and oxygen atoms in total. The normalized spacial score (nSPS) is 19.4. The Bertz CT molecular complexity index is 1120. The summed E-state index contributed by atoms with van der Waals surface area (Å²) in [6.07, 6.45) is -0.898. The summed E-state index contributed by atoms with van der Waals surface area (Å²) in [5.41, 5.74) is 0.872. The van der Waals surface area contributed by atoms with Crippen molar-refractivity contribution in [3.05, 3.63) is 22.8 Å². The topological polar surface area (TPSA) is 140 Å². The Morgan fingerprint density at radius 3 is 2.31 bits per heavy atom. The maximum absolute atomic E-state index is 13.6. The summed E-state index contributed by atoms with van der Waals surface area (Å²) in [6.45, 7) is 17.2. The predicted molar refractivity (Wildman–Crippen MR) is 154 cm³/mol. The van der Waals surface area contributed by atoms with Gasteiger partial charge in [-0.25, -0.2) is 14.4 Å². The zero-order valence-electron chi connectivity index (χ0n) is 24.6. The number of benzene rings is 1. The van der Waals surface area contributed by atoms with E-state index in [4.69, 9.17) is 14.2 Å². The van der Waals surface area contributed by atoms with Gasteiger partial charge in [0, 0.05) is 17.1 Å². The first-order chi connectivity index (χ1) is 17.8. The lowest BCUT2D eigenvalue weighted by Crippen LogP contribution is -2.55. The number of fused-ring (bicyclic) bond motifs is 1. The molecule has 0 radical (unpaired) electrons. The van der Waals surface area contributed by atoms with Gasteiger partial charge in [0.05, 0.1) is 20.7 Å². The third-order valence-electron chi connectivity index (χ3n) is 7.15. The van der Waals surface area contributed by atoms with Gasteiger partial charge in [-0.1, -0.05) is 39.1 Å². The molecule has 1 aliphatic rings. The number of carbonyl (C=O) groups is 4. The Morgan fingerprint density at radius 1 is 1.18 bits per heavy atom. The number of carboxylic acids is 1. The first-order valence-corrected chi connectivity index (χ1v) is 16.9. The van der Waals surface area contributed by atoms with Gasteiger partial charge in [0.1, 0.15) is 30.0 Å². The number of carboxylic acid groups (broad SMARTS) is 1. The molecular formula is C27H42N2O8SSi. The summed E-state index contributed by atoms with van der Waals surface area (Å²) >= 11 is 1.30. The molecular weight excluding hydrogens is 540 g/mol. The van der Waals surface area contributed by atoms with Crippen LogP contribution in [0.25, 0.3) is 0 Å². The number of methoxy groups -OCH3 is 1. The zero-order valence-corrected chi connectivity index (χ0v) is 26.4. The third kappa shape index (κ3) is 7.90. The van der Waals surface area contributed by atoms with Gasteiger partial charge in [-0.15, -0.1) is 0 Å². The smallest absolute Gasteiger partial charge is 0.408 e. The zero-order chi connectivity index (χ0) is 29.9. The third-order valence-corrected chi connectivity index (χ3v) is 13.8. The molecule has 0 saturated heterocycles. The van der Waals surface area contributed by atoms with Crippen molar-refractivity contribution in [2.45, 2.75) is 90.0 Å². The lowest BCUT2D eigenvalue weighted by atomic mass is 10.0. The van der Waals surface area contributed by atoms with E-state index in [1.165, 1.54) is 11.8 Å². The molecule has 2 atom stereocenters. The predicted octanol–water partition coefficient (Wildman–Crippen LogP) is 3.59. The molecule has 39 heavy (non-hydrogen) atoms. The minimum Gasteiger partial charge on any atom is -0.496 e. The largest absolute Gasteiger partial charge is 0.496 e. The van der Waals surface area contributed by atoms with Crippen molar-refractivity contribution in [3.8, 4) is 5.75 Å². The highest BCUT2D eigenvalue weighted by molar-refractivity contribution is 7.98. The van der Waals surface area contributed by atoms with Crippen molar-refractivity contribution in [1.29, 1.82) is 0 Å². The molecule has 0 saturated carbocycles. The first kappa shape index (κ1) is 32.5. The van der Waals surface area contributed by atoms with Crippen LogP contribution in [0.3, 0.4) is 0 Å². The van der Waals surface area contributed by atoms with Crippen LogP contribution in [0, 0.1) is 6.92 Å². The van der Waals surface area contributed by atoms with E-state index in [0.717, 1.165) is 10.8 Å². The van der Waals surface area contributed by atoms with E-state index in [1.54, 1.807) is 34.8 Å². The number of cyclic esters (lactones) is 1. The number of alkyl carbamates (subject to hydrolysis) is 1.